The van der Waals surface area contributed by atoms with Gasteiger partial charge in [0.25, 0.3) is 10.1 Å². The monoisotopic (exact) mass is 370 g/mol. The van der Waals surface area contributed by atoms with E-state index in [0.29, 0.717) is 12.3 Å². The third-order valence-electron chi connectivity index (χ3n) is 4.73. The van der Waals surface area contributed by atoms with Crippen LogP contribution in [0.1, 0.15) is 50.5 Å². The molecule has 1 aromatic rings. The molecule has 2 rings (SSSR count). The standard InChI is InChI=1S/C18H26O6S/c19-17(25(21,22)23)12-16(11-14-7-3-1-4-8-14)18(20)24-13-15-9-5-2-6-10-15/h2,5-6,9-10,14,16-17,19H,1,3-4,7-8,11-13H2,(H,21,22,23)/t16-,17?/m0/s1. The van der Waals surface area contributed by atoms with Gasteiger partial charge in [-0.05, 0) is 17.9 Å². The normalized spacial score (nSPS) is 18.5. The van der Waals surface area contributed by atoms with Crippen molar-refractivity contribution < 1.29 is 27.6 Å². The van der Waals surface area contributed by atoms with Crippen molar-refractivity contribution in [2.45, 2.75) is 57.0 Å². The first-order valence-electron chi connectivity index (χ1n) is 8.71. The highest BCUT2D eigenvalue weighted by Crippen LogP contribution is 2.31. The average Bonchev–Trinajstić information content (AvgIpc) is 2.60. The highest BCUT2D eigenvalue weighted by Gasteiger charge is 2.32. The summed E-state index contributed by atoms with van der Waals surface area (Å²) in [6, 6.07) is 9.20. The Bertz CT molecular complexity index is 637. The summed E-state index contributed by atoms with van der Waals surface area (Å²) >= 11 is 0. The lowest BCUT2D eigenvalue weighted by molar-refractivity contribution is -0.151. The van der Waals surface area contributed by atoms with Crippen molar-refractivity contribution in [3.63, 3.8) is 0 Å². The molecule has 2 atom stereocenters. The maximum Gasteiger partial charge on any atom is 0.309 e. The number of rotatable bonds is 8. The van der Waals surface area contributed by atoms with Gasteiger partial charge < -0.3 is 9.84 Å². The van der Waals surface area contributed by atoms with Crippen LogP contribution in [0.2, 0.25) is 0 Å². The third-order valence-corrected chi connectivity index (χ3v) is 5.61. The molecule has 0 saturated heterocycles. The van der Waals surface area contributed by atoms with E-state index in [1.165, 1.54) is 6.42 Å². The molecule has 1 aromatic carbocycles. The molecule has 0 spiro atoms. The summed E-state index contributed by atoms with van der Waals surface area (Å²) in [4.78, 5) is 12.4. The summed E-state index contributed by atoms with van der Waals surface area (Å²) in [5.74, 6) is -0.961. The lowest BCUT2D eigenvalue weighted by Crippen LogP contribution is -2.30. The minimum atomic E-state index is -4.59. The van der Waals surface area contributed by atoms with E-state index < -0.39 is 27.4 Å². The molecule has 140 valence electrons. The minimum absolute atomic E-state index is 0.100. The van der Waals surface area contributed by atoms with Crippen LogP contribution in [0.3, 0.4) is 0 Å². The van der Waals surface area contributed by atoms with Gasteiger partial charge >= 0.3 is 5.97 Å². The van der Waals surface area contributed by atoms with Crippen LogP contribution in [0.5, 0.6) is 0 Å². The van der Waals surface area contributed by atoms with Crippen LogP contribution >= 0.6 is 0 Å². The zero-order valence-corrected chi connectivity index (χ0v) is 15.0. The quantitative estimate of drug-likeness (QED) is 0.539. The Kier molecular flexibility index (Phi) is 7.40. The largest absolute Gasteiger partial charge is 0.461 e. The second-order valence-electron chi connectivity index (χ2n) is 6.74. The third kappa shape index (κ3) is 6.76. The first-order valence-corrected chi connectivity index (χ1v) is 10.2. The van der Waals surface area contributed by atoms with E-state index in [2.05, 4.69) is 0 Å². The maximum atomic E-state index is 12.4. The Labute approximate surface area is 149 Å². The van der Waals surface area contributed by atoms with Gasteiger partial charge in [-0.3, -0.25) is 9.35 Å². The Hall–Kier alpha value is -1.44. The molecule has 1 unspecified atom stereocenters. The van der Waals surface area contributed by atoms with Gasteiger partial charge in [0.1, 0.15) is 6.61 Å². The molecule has 0 bridgehead atoms. The summed E-state index contributed by atoms with van der Waals surface area (Å²) < 4.78 is 36.5. The number of esters is 1. The van der Waals surface area contributed by atoms with Crippen LogP contribution < -0.4 is 0 Å². The second-order valence-corrected chi connectivity index (χ2v) is 8.31. The van der Waals surface area contributed by atoms with E-state index in [-0.39, 0.29) is 13.0 Å². The number of hydrogen-bond acceptors (Lipinski definition) is 5. The van der Waals surface area contributed by atoms with Crippen LogP contribution in [-0.2, 0) is 26.3 Å². The summed E-state index contributed by atoms with van der Waals surface area (Å²) in [5.41, 5.74) is -1.13. The first-order chi connectivity index (χ1) is 11.9. The van der Waals surface area contributed by atoms with E-state index in [1.54, 1.807) is 0 Å². The van der Waals surface area contributed by atoms with Crippen molar-refractivity contribution in [2.75, 3.05) is 0 Å². The Morgan fingerprint density at radius 1 is 1.16 bits per heavy atom. The van der Waals surface area contributed by atoms with Gasteiger partial charge in [0, 0.05) is 6.42 Å². The predicted octanol–water partition coefficient (Wildman–Crippen LogP) is 2.91. The fourth-order valence-electron chi connectivity index (χ4n) is 3.33. The van der Waals surface area contributed by atoms with Crippen LogP contribution in [-0.4, -0.2) is 29.5 Å². The molecule has 1 saturated carbocycles. The van der Waals surface area contributed by atoms with Crippen molar-refractivity contribution in [2.24, 2.45) is 11.8 Å². The summed E-state index contributed by atoms with van der Waals surface area (Å²) in [7, 11) is -4.59. The summed E-state index contributed by atoms with van der Waals surface area (Å²) in [6.45, 7) is 0.100. The molecule has 25 heavy (non-hydrogen) atoms. The number of hydrogen-bond donors (Lipinski definition) is 2. The number of carbonyl (C=O) groups is 1. The Balaban J connectivity index is 1.99. The Morgan fingerprint density at radius 3 is 2.40 bits per heavy atom. The summed E-state index contributed by atoms with van der Waals surface area (Å²) in [6.07, 6.45) is 5.47. The van der Waals surface area contributed by atoms with E-state index in [4.69, 9.17) is 9.29 Å². The molecule has 7 heteroatoms. The maximum absolute atomic E-state index is 12.4. The zero-order valence-electron chi connectivity index (χ0n) is 14.2. The Morgan fingerprint density at radius 2 is 1.80 bits per heavy atom. The molecule has 0 radical (unpaired) electrons. The predicted molar refractivity (Wildman–Crippen MR) is 93.1 cm³/mol. The number of ether oxygens (including phenoxy) is 1. The van der Waals surface area contributed by atoms with Crippen molar-refractivity contribution in [1.82, 2.24) is 0 Å². The van der Waals surface area contributed by atoms with Crippen molar-refractivity contribution in [1.29, 1.82) is 0 Å². The van der Waals surface area contributed by atoms with Gasteiger partial charge in [-0.15, -0.1) is 0 Å². The van der Waals surface area contributed by atoms with Crippen LogP contribution in [0.15, 0.2) is 30.3 Å². The molecular formula is C18H26O6S. The molecule has 6 nitrogen and oxygen atoms in total. The molecule has 0 aromatic heterocycles. The van der Waals surface area contributed by atoms with Gasteiger partial charge in [0.05, 0.1) is 5.92 Å². The van der Waals surface area contributed by atoms with E-state index in [9.17, 15) is 18.3 Å². The van der Waals surface area contributed by atoms with Gasteiger partial charge in [0.15, 0.2) is 5.44 Å². The number of aliphatic hydroxyl groups is 1. The van der Waals surface area contributed by atoms with Gasteiger partial charge in [-0.1, -0.05) is 62.4 Å². The second kappa shape index (κ2) is 9.31. The SMILES string of the molecule is O=C(OCc1ccccc1)[C@@H](CC1CCCCC1)CC(O)S(=O)(=O)O. The van der Waals surface area contributed by atoms with Crippen molar-refractivity contribution in [3.8, 4) is 0 Å². The van der Waals surface area contributed by atoms with E-state index in [0.717, 1.165) is 31.2 Å². The highest BCUT2D eigenvalue weighted by molar-refractivity contribution is 7.86. The minimum Gasteiger partial charge on any atom is -0.461 e. The fraction of sp³-hybridized carbons (Fsp3) is 0.611. The van der Waals surface area contributed by atoms with Crippen LogP contribution in [0.4, 0.5) is 0 Å². The molecule has 0 aliphatic heterocycles. The molecule has 0 heterocycles. The smallest absolute Gasteiger partial charge is 0.309 e. The summed E-state index contributed by atoms with van der Waals surface area (Å²) in [5, 5.41) is 9.67. The van der Waals surface area contributed by atoms with Crippen LogP contribution in [0.25, 0.3) is 0 Å². The molecule has 1 aliphatic rings. The number of carbonyl (C=O) groups excluding carboxylic acids is 1. The topological polar surface area (TPSA) is 101 Å². The highest BCUT2D eigenvalue weighted by atomic mass is 32.2. The lowest BCUT2D eigenvalue weighted by Gasteiger charge is -2.26. The number of aliphatic hydroxyl groups excluding tert-OH is 1. The van der Waals surface area contributed by atoms with Crippen molar-refractivity contribution in [3.05, 3.63) is 35.9 Å². The molecular weight excluding hydrogens is 344 g/mol. The number of benzene rings is 1. The van der Waals surface area contributed by atoms with Crippen LogP contribution in [0, 0.1) is 11.8 Å². The van der Waals surface area contributed by atoms with E-state index in [1.807, 2.05) is 30.3 Å². The lowest BCUT2D eigenvalue weighted by atomic mass is 9.82. The van der Waals surface area contributed by atoms with Gasteiger partial charge in [-0.25, -0.2) is 0 Å². The molecule has 2 N–H and O–H groups in total. The fourth-order valence-corrected chi connectivity index (χ4v) is 3.80. The zero-order chi connectivity index (χ0) is 18.3. The van der Waals surface area contributed by atoms with Gasteiger partial charge in [0.2, 0.25) is 0 Å². The molecule has 1 fully saturated rings. The van der Waals surface area contributed by atoms with E-state index >= 15 is 0 Å². The van der Waals surface area contributed by atoms with Crippen molar-refractivity contribution >= 4 is 16.1 Å². The molecule has 0 amide bonds. The average molecular weight is 370 g/mol. The molecule has 1 aliphatic carbocycles. The first kappa shape index (κ1) is 19.9. The van der Waals surface area contributed by atoms with Gasteiger partial charge in [-0.2, -0.15) is 8.42 Å².